The van der Waals surface area contributed by atoms with Gasteiger partial charge in [-0.2, -0.15) is 0 Å². The standard InChI is InChI=1S/C14H20N2O/c17-10-9-15-8-4-3-5-12-11-16-14-7-2-1-6-13(12)14/h1-2,6-7,11,15-17H,3-5,8-10H2/p+1. The third kappa shape index (κ3) is 3.32. The molecule has 0 fully saturated rings. The van der Waals surface area contributed by atoms with Crippen molar-refractivity contribution in [2.75, 3.05) is 19.7 Å². The van der Waals surface area contributed by atoms with Gasteiger partial charge in [-0.25, -0.2) is 0 Å². The minimum Gasteiger partial charge on any atom is -0.391 e. The number of aromatic nitrogens is 1. The maximum absolute atomic E-state index is 8.66. The molecule has 4 N–H and O–H groups in total. The number of hydrogen-bond acceptors (Lipinski definition) is 1. The van der Waals surface area contributed by atoms with Gasteiger partial charge < -0.3 is 15.4 Å². The van der Waals surface area contributed by atoms with Gasteiger partial charge in [0.05, 0.1) is 19.7 Å². The van der Waals surface area contributed by atoms with Crippen LogP contribution in [0.25, 0.3) is 10.9 Å². The largest absolute Gasteiger partial charge is 0.391 e. The second-order valence-corrected chi connectivity index (χ2v) is 4.41. The van der Waals surface area contributed by atoms with Crippen molar-refractivity contribution in [3.63, 3.8) is 0 Å². The third-order valence-corrected chi connectivity index (χ3v) is 3.11. The molecule has 2 aromatic rings. The Balaban J connectivity index is 1.79. The molecule has 0 bridgehead atoms. The van der Waals surface area contributed by atoms with E-state index in [9.17, 15) is 0 Å². The molecule has 2 rings (SSSR count). The van der Waals surface area contributed by atoms with E-state index in [0.29, 0.717) is 0 Å². The van der Waals surface area contributed by atoms with Gasteiger partial charge in [-0.15, -0.1) is 0 Å². The van der Waals surface area contributed by atoms with Crippen LogP contribution in [0.2, 0.25) is 0 Å². The number of para-hydroxylation sites is 1. The highest BCUT2D eigenvalue weighted by atomic mass is 16.3. The molecule has 0 saturated carbocycles. The summed E-state index contributed by atoms with van der Waals surface area (Å²) in [5.74, 6) is 0. The highest BCUT2D eigenvalue weighted by Crippen LogP contribution is 2.19. The normalized spacial score (nSPS) is 11.1. The van der Waals surface area contributed by atoms with Crippen LogP contribution in [0.4, 0.5) is 0 Å². The van der Waals surface area contributed by atoms with E-state index in [1.807, 2.05) is 0 Å². The van der Waals surface area contributed by atoms with Crippen molar-refractivity contribution in [3.05, 3.63) is 36.0 Å². The summed E-state index contributed by atoms with van der Waals surface area (Å²) in [6.07, 6.45) is 5.68. The molecule has 1 aromatic heterocycles. The summed E-state index contributed by atoms with van der Waals surface area (Å²) >= 11 is 0. The lowest BCUT2D eigenvalue weighted by Gasteiger charge is -2.00. The van der Waals surface area contributed by atoms with Crippen LogP contribution >= 0.6 is 0 Å². The summed E-state index contributed by atoms with van der Waals surface area (Å²) in [6, 6.07) is 8.45. The van der Waals surface area contributed by atoms with E-state index < -0.39 is 0 Å². The minimum absolute atomic E-state index is 0.280. The molecule has 0 saturated heterocycles. The first-order valence-electron chi connectivity index (χ1n) is 6.39. The lowest BCUT2D eigenvalue weighted by atomic mass is 10.1. The Morgan fingerprint density at radius 1 is 1.12 bits per heavy atom. The van der Waals surface area contributed by atoms with Gasteiger partial charge in [-0.3, -0.25) is 0 Å². The lowest BCUT2D eigenvalue weighted by molar-refractivity contribution is -0.656. The van der Waals surface area contributed by atoms with Crippen molar-refractivity contribution in [1.29, 1.82) is 0 Å². The van der Waals surface area contributed by atoms with Gasteiger partial charge in [0, 0.05) is 17.1 Å². The second-order valence-electron chi connectivity index (χ2n) is 4.41. The molecular weight excluding hydrogens is 212 g/mol. The fourth-order valence-corrected chi connectivity index (χ4v) is 2.18. The van der Waals surface area contributed by atoms with E-state index in [1.165, 1.54) is 29.3 Å². The fourth-order valence-electron chi connectivity index (χ4n) is 2.18. The zero-order valence-electron chi connectivity index (χ0n) is 10.2. The molecule has 0 atom stereocenters. The van der Waals surface area contributed by atoms with E-state index in [4.69, 9.17) is 5.11 Å². The summed E-state index contributed by atoms with van der Waals surface area (Å²) in [4.78, 5) is 3.31. The van der Waals surface area contributed by atoms with Gasteiger partial charge in [0.15, 0.2) is 0 Å². The molecule has 1 heterocycles. The number of benzene rings is 1. The zero-order valence-corrected chi connectivity index (χ0v) is 10.2. The van der Waals surface area contributed by atoms with Gasteiger partial charge in [0.2, 0.25) is 0 Å². The Labute approximate surface area is 102 Å². The van der Waals surface area contributed by atoms with Crippen LogP contribution in [0, 0.1) is 0 Å². The Morgan fingerprint density at radius 2 is 2.00 bits per heavy atom. The summed E-state index contributed by atoms with van der Waals surface area (Å²) in [5, 5.41) is 12.2. The Hall–Kier alpha value is -1.32. The Morgan fingerprint density at radius 3 is 2.88 bits per heavy atom. The van der Waals surface area contributed by atoms with Crippen molar-refractivity contribution < 1.29 is 10.4 Å². The summed E-state index contributed by atoms with van der Waals surface area (Å²) in [5.41, 5.74) is 2.65. The van der Waals surface area contributed by atoms with Gasteiger partial charge in [0.1, 0.15) is 0 Å². The molecule has 0 amide bonds. The molecule has 17 heavy (non-hydrogen) atoms. The SMILES string of the molecule is OCC[NH2+]CCCCc1c[nH]c2ccccc12. The topological polar surface area (TPSA) is 52.6 Å². The summed E-state index contributed by atoms with van der Waals surface area (Å²) in [6.45, 7) is 2.22. The first-order chi connectivity index (χ1) is 8.42. The first kappa shape index (κ1) is 12.1. The lowest BCUT2D eigenvalue weighted by Crippen LogP contribution is -2.85. The van der Waals surface area contributed by atoms with Gasteiger partial charge in [0.25, 0.3) is 0 Å². The quantitative estimate of drug-likeness (QED) is 0.615. The molecule has 92 valence electrons. The van der Waals surface area contributed by atoms with Crippen LogP contribution in [0.5, 0.6) is 0 Å². The van der Waals surface area contributed by atoms with Crippen LogP contribution < -0.4 is 5.32 Å². The molecule has 0 radical (unpaired) electrons. The van der Waals surface area contributed by atoms with Crippen LogP contribution in [0.1, 0.15) is 18.4 Å². The smallest absolute Gasteiger partial charge is 0.0990 e. The van der Waals surface area contributed by atoms with Crippen molar-refractivity contribution in [2.24, 2.45) is 0 Å². The number of unbranched alkanes of at least 4 members (excludes halogenated alkanes) is 1. The number of rotatable bonds is 7. The molecule has 3 heteroatoms. The third-order valence-electron chi connectivity index (χ3n) is 3.11. The van der Waals surface area contributed by atoms with Crippen LogP contribution in [0.15, 0.2) is 30.5 Å². The number of quaternary nitrogens is 1. The number of fused-ring (bicyclic) bond motifs is 1. The Bertz CT molecular complexity index is 450. The van der Waals surface area contributed by atoms with E-state index in [2.05, 4.69) is 40.8 Å². The van der Waals surface area contributed by atoms with Crippen LogP contribution in [-0.2, 0) is 6.42 Å². The average molecular weight is 233 g/mol. The monoisotopic (exact) mass is 233 g/mol. The van der Waals surface area contributed by atoms with E-state index in [0.717, 1.165) is 19.5 Å². The highest BCUT2D eigenvalue weighted by molar-refractivity contribution is 5.82. The molecule has 0 aliphatic carbocycles. The number of aryl methyl sites for hydroxylation is 1. The molecule has 0 aliphatic heterocycles. The first-order valence-corrected chi connectivity index (χ1v) is 6.39. The fraction of sp³-hybridized carbons (Fsp3) is 0.429. The van der Waals surface area contributed by atoms with Crippen molar-refractivity contribution >= 4 is 10.9 Å². The number of nitrogens with one attached hydrogen (secondary N) is 1. The maximum atomic E-state index is 8.66. The van der Waals surface area contributed by atoms with Gasteiger partial charge >= 0.3 is 0 Å². The van der Waals surface area contributed by atoms with Gasteiger partial charge in [-0.1, -0.05) is 18.2 Å². The molecular formula is C14H21N2O+. The molecule has 1 aromatic carbocycles. The predicted molar refractivity (Wildman–Crippen MR) is 70.0 cm³/mol. The second kappa shape index (κ2) is 6.42. The Kier molecular flexibility index (Phi) is 4.59. The molecule has 0 unspecified atom stereocenters. The molecule has 0 aliphatic rings. The predicted octanol–water partition coefficient (Wildman–Crippen LogP) is 1.05. The number of aliphatic hydroxyl groups is 1. The van der Waals surface area contributed by atoms with Crippen molar-refractivity contribution in [1.82, 2.24) is 4.98 Å². The summed E-state index contributed by atoms with van der Waals surface area (Å²) in [7, 11) is 0. The molecule has 0 spiro atoms. The average Bonchev–Trinajstić information content (AvgIpc) is 2.77. The van der Waals surface area contributed by atoms with Crippen molar-refractivity contribution in [2.45, 2.75) is 19.3 Å². The van der Waals surface area contributed by atoms with E-state index in [-0.39, 0.29) is 6.61 Å². The number of hydrogen-bond donors (Lipinski definition) is 3. The van der Waals surface area contributed by atoms with E-state index in [1.54, 1.807) is 0 Å². The van der Waals surface area contributed by atoms with Crippen LogP contribution in [0.3, 0.4) is 0 Å². The highest BCUT2D eigenvalue weighted by Gasteiger charge is 2.02. The van der Waals surface area contributed by atoms with E-state index >= 15 is 0 Å². The van der Waals surface area contributed by atoms with Gasteiger partial charge in [-0.05, 0) is 30.9 Å². The molecule has 3 nitrogen and oxygen atoms in total. The number of nitrogens with two attached hydrogens (primary N) is 1. The van der Waals surface area contributed by atoms with Crippen molar-refractivity contribution in [3.8, 4) is 0 Å². The van der Waals surface area contributed by atoms with Crippen LogP contribution in [-0.4, -0.2) is 29.8 Å². The summed E-state index contributed by atoms with van der Waals surface area (Å²) < 4.78 is 0. The minimum atomic E-state index is 0.280. The maximum Gasteiger partial charge on any atom is 0.0990 e. The zero-order chi connectivity index (χ0) is 11.9. The number of aliphatic hydroxyl groups excluding tert-OH is 1. The number of H-pyrrole nitrogens is 1. The number of aromatic amines is 1.